The van der Waals surface area contributed by atoms with Crippen LogP contribution in [0.25, 0.3) is 0 Å². The lowest BCUT2D eigenvalue weighted by molar-refractivity contribution is -0.147. The van der Waals surface area contributed by atoms with Gasteiger partial charge in [0.25, 0.3) is 5.91 Å². The smallest absolute Gasteiger partial charge is 0.272 e. The van der Waals surface area contributed by atoms with Gasteiger partial charge >= 0.3 is 0 Å². The Morgan fingerprint density at radius 1 is 1.29 bits per heavy atom. The Morgan fingerprint density at radius 2 is 1.92 bits per heavy atom. The summed E-state index contributed by atoms with van der Waals surface area (Å²) in [5, 5.41) is 21.7. The number of amides is 2. The maximum absolute atomic E-state index is 12.7. The Kier molecular flexibility index (Phi) is 6.92. The third-order valence-electron chi connectivity index (χ3n) is 3.77. The molecule has 2 amide bonds. The molecule has 24 heavy (non-hydrogen) atoms. The van der Waals surface area contributed by atoms with Crippen molar-refractivity contribution >= 4 is 11.8 Å². The lowest BCUT2D eigenvalue weighted by atomic mass is 9.84. The number of carbonyl (C=O) groups is 2. The fraction of sp³-hybridized carbons (Fsp3) is 0.688. The molecule has 0 aliphatic carbocycles. The summed E-state index contributed by atoms with van der Waals surface area (Å²) in [6.45, 7) is 9.63. The molecule has 3 atom stereocenters. The van der Waals surface area contributed by atoms with E-state index >= 15 is 0 Å². The second-order valence-electron chi connectivity index (χ2n) is 7.44. The number of aromatic amines is 1. The molecule has 0 aliphatic heterocycles. The quantitative estimate of drug-likeness (QED) is 0.376. The van der Waals surface area contributed by atoms with Crippen LogP contribution in [0.2, 0.25) is 0 Å². The summed E-state index contributed by atoms with van der Waals surface area (Å²) in [6.07, 6.45) is 1.93. The van der Waals surface area contributed by atoms with Gasteiger partial charge in [0.1, 0.15) is 11.9 Å². The fourth-order valence-electron chi connectivity index (χ4n) is 2.52. The third kappa shape index (κ3) is 5.31. The second-order valence-corrected chi connectivity index (χ2v) is 7.44. The maximum Gasteiger partial charge on any atom is 0.272 e. The molecular weight excluding hydrogens is 312 g/mol. The minimum Gasteiger partial charge on any atom is -0.382 e. The highest BCUT2D eigenvalue weighted by Crippen LogP contribution is 2.31. The van der Waals surface area contributed by atoms with Crippen molar-refractivity contribution in [1.82, 2.24) is 20.8 Å². The summed E-state index contributed by atoms with van der Waals surface area (Å²) in [5.74, 6) is -1.76. The number of H-pyrrole nitrogens is 1. The minimum absolute atomic E-state index is 0.0820. The largest absolute Gasteiger partial charge is 0.382 e. The highest BCUT2D eigenvalue weighted by Gasteiger charge is 2.37. The zero-order valence-electron chi connectivity index (χ0n) is 14.8. The summed E-state index contributed by atoms with van der Waals surface area (Å²) in [5.41, 5.74) is 1.06. The van der Waals surface area contributed by atoms with Gasteiger partial charge < -0.3 is 15.4 Å². The zero-order valence-corrected chi connectivity index (χ0v) is 14.8. The number of hydroxylamine groups is 1. The highest BCUT2D eigenvalue weighted by atomic mass is 16.5. The Bertz CT molecular complexity index is 537. The van der Waals surface area contributed by atoms with Crippen molar-refractivity contribution in [1.29, 1.82) is 0 Å². The van der Waals surface area contributed by atoms with Crippen LogP contribution in [-0.4, -0.2) is 38.2 Å². The second kappa shape index (κ2) is 8.25. The van der Waals surface area contributed by atoms with E-state index in [1.165, 1.54) is 5.48 Å². The molecule has 1 aromatic rings. The van der Waals surface area contributed by atoms with E-state index in [-0.39, 0.29) is 11.3 Å². The summed E-state index contributed by atoms with van der Waals surface area (Å²) in [4.78, 5) is 31.4. The molecule has 8 heteroatoms. The standard InChI is InChI=1S/C16H28N4O4/c1-9(2)8-10(11(21)15(23)20-24)14(22)19-12(16(3,4)5)13-17-6-7-18-13/h6-7,9-12,21,24H,8H2,1-5H3,(H,17,18)(H,19,22)(H,20,23)/t10-,11+,12-/m1/s1. The Hall–Kier alpha value is -1.93. The van der Waals surface area contributed by atoms with Gasteiger partial charge in [-0.05, 0) is 17.8 Å². The Labute approximate surface area is 142 Å². The molecule has 0 radical (unpaired) electrons. The van der Waals surface area contributed by atoms with Crippen LogP contribution < -0.4 is 10.8 Å². The minimum atomic E-state index is -1.63. The topological polar surface area (TPSA) is 127 Å². The van der Waals surface area contributed by atoms with E-state index in [0.717, 1.165) is 0 Å². The summed E-state index contributed by atoms with van der Waals surface area (Å²) >= 11 is 0. The first-order valence-electron chi connectivity index (χ1n) is 7.99. The Balaban J connectivity index is 3.02. The number of rotatable bonds is 7. The van der Waals surface area contributed by atoms with Crippen LogP contribution in [0.4, 0.5) is 0 Å². The van der Waals surface area contributed by atoms with Crippen molar-refractivity contribution < 1.29 is 19.9 Å². The van der Waals surface area contributed by atoms with E-state index in [4.69, 9.17) is 5.21 Å². The van der Waals surface area contributed by atoms with Gasteiger partial charge in [-0.1, -0.05) is 34.6 Å². The van der Waals surface area contributed by atoms with Gasteiger partial charge in [-0.2, -0.15) is 0 Å². The van der Waals surface area contributed by atoms with Gasteiger partial charge in [-0.25, -0.2) is 10.5 Å². The molecule has 0 saturated carbocycles. The van der Waals surface area contributed by atoms with Gasteiger partial charge in [0.05, 0.1) is 12.0 Å². The van der Waals surface area contributed by atoms with E-state index in [2.05, 4.69) is 15.3 Å². The summed E-state index contributed by atoms with van der Waals surface area (Å²) in [6, 6.07) is -0.418. The van der Waals surface area contributed by atoms with Crippen LogP contribution >= 0.6 is 0 Å². The van der Waals surface area contributed by atoms with Gasteiger partial charge in [-0.15, -0.1) is 0 Å². The number of nitrogens with one attached hydrogen (secondary N) is 3. The molecular formula is C16H28N4O4. The van der Waals surface area contributed by atoms with Crippen LogP contribution in [0.3, 0.4) is 0 Å². The Morgan fingerprint density at radius 3 is 2.33 bits per heavy atom. The predicted octanol–water partition coefficient (Wildman–Crippen LogP) is 1.14. The molecule has 0 spiro atoms. The summed E-state index contributed by atoms with van der Waals surface area (Å²) in [7, 11) is 0. The molecule has 0 aliphatic rings. The van der Waals surface area contributed by atoms with Crippen LogP contribution in [0, 0.1) is 17.3 Å². The van der Waals surface area contributed by atoms with Gasteiger partial charge in [-0.3, -0.25) is 14.8 Å². The number of hydrogen-bond donors (Lipinski definition) is 5. The average Bonchev–Trinajstić information content (AvgIpc) is 3.00. The summed E-state index contributed by atoms with van der Waals surface area (Å²) < 4.78 is 0. The van der Waals surface area contributed by atoms with E-state index in [1.54, 1.807) is 12.4 Å². The fourth-order valence-corrected chi connectivity index (χ4v) is 2.52. The van der Waals surface area contributed by atoms with Crippen molar-refractivity contribution in [3.05, 3.63) is 18.2 Å². The van der Waals surface area contributed by atoms with Crippen LogP contribution in [0.1, 0.15) is 52.9 Å². The zero-order chi connectivity index (χ0) is 18.5. The molecule has 5 N–H and O–H groups in total. The molecule has 0 bridgehead atoms. The lowest BCUT2D eigenvalue weighted by Crippen LogP contribution is -2.48. The first-order valence-corrected chi connectivity index (χ1v) is 7.99. The third-order valence-corrected chi connectivity index (χ3v) is 3.77. The number of aromatic nitrogens is 2. The number of aliphatic hydroxyl groups is 1. The molecule has 8 nitrogen and oxygen atoms in total. The maximum atomic E-state index is 12.7. The number of hydrogen-bond acceptors (Lipinski definition) is 5. The normalized spacial score (nSPS) is 15.7. The van der Waals surface area contributed by atoms with Gasteiger partial charge in [0, 0.05) is 12.4 Å². The SMILES string of the molecule is CC(C)C[C@@H](C(=O)N[C@H](c1ncc[nH]1)C(C)(C)C)[C@H](O)C(=O)NO. The molecule has 0 fully saturated rings. The lowest BCUT2D eigenvalue weighted by Gasteiger charge is -2.32. The van der Waals surface area contributed by atoms with Crippen LogP contribution in [-0.2, 0) is 9.59 Å². The molecule has 1 aromatic heterocycles. The number of aliphatic hydroxyl groups excluding tert-OH is 1. The number of carbonyl (C=O) groups excluding carboxylic acids is 2. The molecule has 136 valence electrons. The van der Waals surface area contributed by atoms with Crippen LogP contribution in [0.5, 0.6) is 0 Å². The van der Waals surface area contributed by atoms with E-state index in [0.29, 0.717) is 12.2 Å². The first-order chi connectivity index (χ1) is 11.1. The van der Waals surface area contributed by atoms with Crippen molar-refractivity contribution in [2.45, 2.75) is 53.2 Å². The molecule has 1 heterocycles. The average molecular weight is 340 g/mol. The molecule has 0 saturated heterocycles. The molecule has 0 unspecified atom stereocenters. The van der Waals surface area contributed by atoms with Gasteiger partial charge in [0.2, 0.25) is 5.91 Å². The highest BCUT2D eigenvalue weighted by molar-refractivity contribution is 5.88. The van der Waals surface area contributed by atoms with Crippen molar-refractivity contribution in [3.8, 4) is 0 Å². The monoisotopic (exact) mass is 340 g/mol. The van der Waals surface area contributed by atoms with Gasteiger partial charge in [0.15, 0.2) is 0 Å². The van der Waals surface area contributed by atoms with E-state index in [9.17, 15) is 14.7 Å². The van der Waals surface area contributed by atoms with Crippen molar-refractivity contribution in [2.75, 3.05) is 0 Å². The van der Waals surface area contributed by atoms with E-state index in [1.807, 2.05) is 34.6 Å². The first kappa shape index (κ1) is 20.1. The number of nitrogens with zero attached hydrogens (tertiary/aromatic N) is 1. The number of imidazole rings is 1. The van der Waals surface area contributed by atoms with Crippen molar-refractivity contribution in [3.63, 3.8) is 0 Å². The van der Waals surface area contributed by atoms with Crippen molar-refractivity contribution in [2.24, 2.45) is 17.3 Å². The van der Waals surface area contributed by atoms with E-state index < -0.39 is 29.9 Å². The molecule has 0 aromatic carbocycles. The predicted molar refractivity (Wildman–Crippen MR) is 87.8 cm³/mol. The molecule has 1 rings (SSSR count). The van der Waals surface area contributed by atoms with Crippen LogP contribution in [0.15, 0.2) is 12.4 Å².